The molecule has 0 radical (unpaired) electrons. The van der Waals surface area contributed by atoms with Crippen LogP contribution in [-0.2, 0) is 0 Å². The molecule has 4 rings (SSSR count). The van der Waals surface area contributed by atoms with Gasteiger partial charge in [-0.25, -0.2) is 19.3 Å². The smallest absolute Gasteiger partial charge is 0.212 e. The number of para-hydroxylation sites is 1. The number of fused-ring (bicyclic) bond motifs is 1. The van der Waals surface area contributed by atoms with E-state index in [1.54, 1.807) is 25.4 Å². The van der Waals surface area contributed by atoms with Gasteiger partial charge in [0, 0.05) is 28.9 Å². The van der Waals surface area contributed by atoms with Gasteiger partial charge < -0.3 is 10.1 Å². The minimum Gasteiger partial charge on any atom is -0.481 e. The molecule has 0 atom stereocenters. The van der Waals surface area contributed by atoms with Crippen molar-refractivity contribution in [2.24, 2.45) is 0 Å². The Morgan fingerprint density at radius 2 is 1.89 bits per heavy atom. The summed E-state index contributed by atoms with van der Waals surface area (Å²) in [5.74, 6) is 1.15. The Morgan fingerprint density at radius 3 is 2.63 bits per heavy atom. The van der Waals surface area contributed by atoms with Crippen LogP contribution >= 0.6 is 11.6 Å². The molecule has 0 saturated heterocycles. The fraction of sp³-hybridized carbons (Fsp3) is 0.0500. The summed E-state index contributed by atoms with van der Waals surface area (Å²) in [6.45, 7) is 0. The van der Waals surface area contributed by atoms with E-state index < -0.39 is 5.82 Å². The maximum absolute atomic E-state index is 13.4. The molecule has 2 heterocycles. The molecule has 0 aliphatic heterocycles. The highest BCUT2D eigenvalue weighted by Crippen LogP contribution is 2.29. The van der Waals surface area contributed by atoms with Gasteiger partial charge >= 0.3 is 0 Å². The summed E-state index contributed by atoms with van der Waals surface area (Å²) < 4.78 is 18.5. The molecular formula is C20H14ClFN4O. The molecule has 0 fully saturated rings. The zero-order valence-electron chi connectivity index (χ0n) is 14.3. The number of halogens is 2. The summed E-state index contributed by atoms with van der Waals surface area (Å²) in [6, 6.07) is 15.7. The number of aromatic nitrogens is 3. The molecule has 7 heteroatoms. The highest BCUT2D eigenvalue weighted by molar-refractivity contribution is 6.31. The van der Waals surface area contributed by atoms with Crippen LogP contribution < -0.4 is 10.1 Å². The first-order chi connectivity index (χ1) is 13.1. The highest BCUT2D eigenvalue weighted by atomic mass is 35.5. The Morgan fingerprint density at radius 1 is 1.04 bits per heavy atom. The van der Waals surface area contributed by atoms with Crippen molar-refractivity contribution in [1.82, 2.24) is 15.0 Å². The van der Waals surface area contributed by atoms with Gasteiger partial charge in [-0.15, -0.1) is 0 Å². The fourth-order valence-corrected chi connectivity index (χ4v) is 2.83. The van der Waals surface area contributed by atoms with Crippen molar-refractivity contribution in [2.75, 3.05) is 12.4 Å². The second-order valence-corrected chi connectivity index (χ2v) is 6.16. The molecule has 134 valence electrons. The van der Waals surface area contributed by atoms with Crippen molar-refractivity contribution in [3.8, 4) is 17.3 Å². The zero-order chi connectivity index (χ0) is 18.8. The first-order valence-electron chi connectivity index (χ1n) is 8.13. The van der Waals surface area contributed by atoms with Gasteiger partial charge in [0.1, 0.15) is 11.6 Å². The van der Waals surface area contributed by atoms with Crippen LogP contribution in [0.15, 0.2) is 60.8 Å². The van der Waals surface area contributed by atoms with Crippen molar-refractivity contribution in [1.29, 1.82) is 0 Å². The lowest BCUT2D eigenvalue weighted by Crippen LogP contribution is -2.00. The van der Waals surface area contributed by atoms with Crippen molar-refractivity contribution < 1.29 is 9.13 Å². The first kappa shape index (κ1) is 17.2. The van der Waals surface area contributed by atoms with Gasteiger partial charge in [-0.1, -0.05) is 23.7 Å². The van der Waals surface area contributed by atoms with Crippen molar-refractivity contribution in [3.05, 3.63) is 71.6 Å². The van der Waals surface area contributed by atoms with E-state index in [0.29, 0.717) is 23.2 Å². The predicted octanol–water partition coefficient (Wildman–Crippen LogP) is 5.24. The summed E-state index contributed by atoms with van der Waals surface area (Å²) in [5, 5.41) is 4.08. The molecule has 0 spiro atoms. The molecule has 0 unspecified atom stereocenters. The minimum absolute atomic E-state index is 0.0398. The van der Waals surface area contributed by atoms with Gasteiger partial charge in [-0.2, -0.15) is 0 Å². The van der Waals surface area contributed by atoms with E-state index in [-0.39, 0.29) is 5.02 Å². The topological polar surface area (TPSA) is 59.9 Å². The highest BCUT2D eigenvalue weighted by Gasteiger charge is 2.11. The maximum atomic E-state index is 13.4. The largest absolute Gasteiger partial charge is 0.481 e. The molecular weight excluding hydrogens is 367 g/mol. The molecule has 4 aromatic rings. The average Bonchev–Trinajstić information content (AvgIpc) is 2.71. The SMILES string of the molecule is COc1ccc(-c2nc(Nc3ccc(F)c(Cl)c3)c3ccccc3n2)cn1. The summed E-state index contributed by atoms with van der Waals surface area (Å²) in [5.41, 5.74) is 2.15. The van der Waals surface area contributed by atoms with E-state index in [1.807, 2.05) is 30.3 Å². The van der Waals surface area contributed by atoms with Crippen molar-refractivity contribution in [2.45, 2.75) is 0 Å². The Kier molecular flexibility index (Phi) is 4.56. The number of nitrogens with one attached hydrogen (secondary N) is 1. The van der Waals surface area contributed by atoms with Crippen LogP contribution in [0.2, 0.25) is 5.02 Å². The van der Waals surface area contributed by atoms with Gasteiger partial charge in [0.25, 0.3) is 0 Å². The number of methoxy groups -OCH3 is 1. The van der Waals surface area contributed by atoms with E-state index in [9.17, 15) is 4.39 Å². The Labute approximate surface area is 159 Å². The van der Waals surface area contributed by atoms with Gasteiger partial charge in [-0.3, -0.25) is 0 Å². The van der Waals surface area contributed by atoms with Crippen LogP contribution in [0.25, 0.3) is 22.3 Å². The number of anilines is 2. The maximum Gasteiger partial charge on any atom is 0.212 e. The third-order valence-electron chi connectivity index (χ3n) is 3.99. The summed E-state index contributed by atoms with van der Waals surface area (Å²) in [6.07, 6.45) is 1.65. The number of ether oxygens (including phenoxy) is 1. The van der Waals surface area contributed by atoms with E-state index in [4.69, 9.17) is 16.3 Å². The number of hydrogen-bond acceptors (Lipinski definition) is 5. The molecule has 0 saturated carbocycles. The molecule has 0 aliphatic carbocycles. The third-order valence-corrected chi connectivity index (χ3v) is 4.28. The van der Waals surface area contributed by atoms with Crippen molar-refractivity contribution in [3.63, 3.8) is 0 Å². The van der Waals surface area contributed by atoms with Crippen LogP contribution in [0, 0.1) is 5.82 Å². The van der Waals surface area contributed by atoms with Crippen LogP contribution in [0.5, 0.6) is 5.88 Å². The number of benzene rings is 2. The monoisotopic (exact) mass is 380 g/mol. The van der Waals surface area contributed by atoms with E-state index >= 15 is 0 Å². The van der Waals surface area contributed by atoms with E-state index in [1.165, 1.54) is 12.1 Å². The summed E-state index contributed by atoms with van der Waals surface area (Å²) in [7, 11) is 1.56. The van der Waals surface area contributed by atoms with Crippen LogP contribution in [0.4, 0.5) is 15.9 Å². The van der Waals surface area contributed by atoms with Gasteiger partial charge in [0.05, 0.1) is 17.6 Å². The Balaban J connectivity index is 1.81. The second-order valence-electron chi connectivity index (χ2n) is 5.76. The van der Waals surface area contributed by atoms with Crippen LogP contribution in [0.3, 0.4) is 0 Å². The fourth-order valence-electron chi connectivity index (χ4n) is 2.64. The van der Waals surface area contributed by atoms with Gasteiger partial charge in [-0.05, 0) is 36.4 Å². The molecule has 2 aromatic carbocycles. The standard InChI is InChI=1S/C20H14ClFN4O/c1-27-18-9-6-12(11-23-18)19-25-17-5-3-2-4-14(17)20(26-19)24-13-7-8-16(22)15(21)10-13/h2-11H,1H3,(H,24,25,26). The van der Waals surface area contributed by atoms with E-state index in [0.717, 1.165) is 16.5 Å². The minimum atomic E-state index is -0.472. The van der Waals surface area contributed by atoms with Gasteiger partial charge in [0.2, 0.25) is 5.88 Å². The molecule has 0 aliphatic rings. The molecule has 5 nitrogen and oxygen atoms in total. The molecule has 27 heavy (non-hydrogen) atoms. The van der Waals surface area contributed by atoms with Crippen molar-refractivity contribution >= 4 is 34.0 Å². The second kappa shape index (κ2) is 7.17. The van der Waals surface area contributed by atoms with Gasteiger partial charge in [0.15, 0.2) is 5.82 Å². The molecule has 0 amide bonds. The average molecular weight is 381 g/mol. The third kappa shape index (κ3) is 3.52. The lowest BCUT2D eigenvalue weighted by molar-refractivity contribution is 0.398. The lowest BCUT2D eigenvalue weighted by atomic mass is 10.2. The summed E-state index contributed by atoms with van der Waals surface area (Å²) >= 11 is 5.89. The summed E-state index contributed by atoms with van der Waals surface area (Å²) in [4.78, 5) is 13.5. The van der Waals surface area contributed by atoms with E-state index in [2.05, 4.69) is 20.3 Å². The lowest BCUT2D eigenvalue weighted by Gasteiger charge is -2.11. The predicted molar refractivity (Wildman–Crippen MR) is 104 cm³/mol. The Bertz CT molecular complexity index is 1120. The van der Waals surface area contributed by atoms with Crippen LogP contribution in [-0.4, -0.2) is 22.1 Å². The molecule has 0 bridgehead atoms. The van der Waals surface area contributed by atoms with Crippen LogP contribution in [0.1, 0.15) is 0 Å². The quantitative estimate of drug-likeness (QED) is 0.525. The number of rotatable bonds is 4. The Hall–Kier alpha value is -3.25. The number of pyridine rings is 1. The molecule has 1 N–H and O–H groups in total. The zero-order valence-corrected chi connectivity index (χ0v) is 15.0. The number of nitrogens with zero attached hydrogens (tertiary/aromatic N) is 3. The first-order valence-corrected chi connectivity index (χ1v) is 8.51. The number of hydrogen-bond donors (Lipinski definition) is 1. The normalized spacial score (nSPS) is 10.8. The molecule has 2 aromatic heterocycles.